The third-order valence-electron chi connectivity index (χ3n) is 3.81. The number of anilines is 2. The molecule has 0 spiro atoms. The molecular weight excluding hydrogens is 395 g/mol. The van der Waals surface area contributed by atoms with Crippen LogP contribution in [0.15, 0.2) is 12.1 Å². The van der Waals surface area contributed by atoms with Gasteiger partial charge in [-0.15, -0.1) is 11.3 Å². The van der Waals surface area contributed by atoms with Crippen LogP contribution in [0.1, 0.15) is 31.0 Å². The summed E-state index contributed by atoms with van der Waals surface area (Å²) in [6.45, 7) is 6.18. The topological polar surface area (TPSA) is 83.9 Å². The first kappa shape index (κ1) is 18.8. The largest absolute Gasteiger partial charge is 0.338 e. The fraction of sp³-hybridized carbons (Fsp3) is 0.312. The third-order valence-corrected chi connectivity index (χ3v) is 5.59. The Morgan fingerprint density at radius 3 is 2.65 bits per heavy atom. The molecule has 3 N–H and O–H groups in total. The summed E-state index contributed by atoms with van der Waals surface area (Å²) in [5.74, 6) is 0.815. The zero-order valence-corrected chi connectivity index (χ0v) is 17.0. The minimum atomic E-state index is -0.450. The summed E-state index contributed by atoms with van der Waals surface area (Å²) in [4.78, 5) is 16.6. The summed E-state index contributed by atoms with van der Waals surface area (Å²) in [6.07, 6.45) is 0. The molecule has 0 bridgehead atoms. The Bertz CT molecular complexity index is 961. The van der Waals surface area contributed by atoms with Gasteiger partial charge in [-0.05, 0) is 30.5 Å². The molecule has 0 saturated carbocycles. The van der Waals surface area contributed by atoms with Gasteiger partial charge in [-0.25, -0.2) is 9.78 Å². The van der Waals surface area contributed by atoms with E-state index in [1.54, 1.807) is 10.7 Å². The van der Waals surface area contributed by atoms with Crippen LogP contribution in [0.4, 0.5) is 15.6 Å². The van der Waals surface area contributed by atoms with Crippen LogP contribution in [-0.2, 0) is 7.05 Å². The van der Waals surface area contributed by atoms with Gasteiger partial charge in [0.25, 0.3) is 0 Å². The van der Waals surface area contributed by atoms with Crippen molar-refractivity contribution >= 4 is 62.4 Å². The smallest absolute Gasteiger partial charge is 0.298 e. The first-order chi connectivity index (χ1) is 12.3. The van der Waals surface area contributed by atoms with Gasteiger partial charge in [0, 0.05) is 12.4 Å². The lowest BCUT2D eigenvalue weighted by atomic mass is 10.00. The summed E-state index contributed by atoms with van der Waals surface area (Å²) in [5, 5.41) is 9.09. The van der Waals surface area contributed by atoms with Crippen LogP contribution in [-0.4, -0.2) is 20.8 Å². The minimum Gasteiger partial charge on any atom is -0.298 e. The van der Waals surface area contributed by atoms with E-state index in [4.69, 9.17) is 23.2 Å². The van der Waals surface area contributed by atoms with Crippen LogP contribution in [0.3, 0.4) is 0 Å². The number of hydrogen-bond donors (Lipinski definition) is 3. The maximum atomic E-state index is 12.1. The average molecular weight is 413 g/mol. The maximum absolute atomic E-state index is 12.1. The zero-order valence-electron chi connectivity index (χ0n) is 14.6. The Kier molecular flexibility index (Phi) is 5.27. The Morgan fingerprint density at radius 2 is 2.04 bits per heavy atom. The highest BCUT2D eigenvalue weighted by molar-refractivity contribution is 7.20. The van der Waals surface area contributed by atoms with Gasteiger partial charge in [0.1, 0.15) is 10.2 Å². The number of carbonyl (C=O) groups excluding carboxylic acids is 1. The van der Waals surface area contributed by atoms with Crippen molar-refractivity contribution in [1.82, 2.24) is 20.2 Å². The molecule has 26 heavy (non-hydrogen) atoms. The number of aromatic nitrogens is 3. The van der Waals surface area contributed by atoms with Crippen molar-refractivity contribution in [3.63, 3.8) is 0 Å². The fourth-order valence-electron chi connectivity index (χ4n) is 2.67. The molecule has 0 aliphatic carbocycles. The van der Waals surface area contributed by atoms with Crippen molar-refractivity contribution in [3.05, 3.63) is 32.7 Å². The Balaban J connectivity index is 1.78. The molecule has 0 atom stereocenters. The third kappa shape index (κ3) is 3.72. The molecule has 3 aromatic heterocycles. The number of halogens is 2. The highest BCUT2D eigenvalue weighted by atomic mass is 35.5. The van der Waals surface area contributed by atoms with E-state index in [9.17, 15) is 4.79 Å². The van der Waals surface area contributed by atoms with E-state index in [1.165, 1.54) is 11.3 Å². The van der Waals surface area contributed by atoms with Crippen LogP contribution >= 0.6 is 34.5 Å². The summed E-state index contributed by atoms with van der Waals surface area (Å²) in [5.41, 5.74) is 8.20. The first-order valence-corrected chi connectivity index (χ1v) is 9.45. The van der Waals surface area contributed by atoms with Gasteiger partial charge in [-0.1, -0.05) is 37.0 Å². The van der Waals surface area contributed by atoms with Crippen molar-refractivity contribution in [2.45, 2.75) is 26.7 Å². The molecule has 3 rings (SSSR count). The molecule has 7 nitrogen and oxygen atoms in total. The SMILES string of the molecule is Cc1nn(C)c2nc(NNC(=O)Nc3cc(Cl)c(Cl)s3)cc(C(C)C)c12. The van der Waals surface area contributed by atoms with Gasteiger partial charge in [-0.2, -0.15) is 5.10 Å². The molecule has 138 valence electrons. The lowest BCUT2D eigenvalue weighted by molar-refractivity contribution is 0.254. The number of urea groups is 1. The van der Waals surface area contributed by atoms with E-state index >= 15 is 0 Å². The second-order valence-electron chi connectivity index (χ2n) is 6.10. The lowest BCUT2D eigenvalue weighted by Crippen LogP contribution is -2.33. The fourth-order valence-corrected chi connectivity index (χ4v) is 3.93. The van der Waals surface area contributed by atoms with Crippen molar-refractivity contribution in [1.29, 1.82) is 0 Å². The molecule has 0 unspecified atom stereocenters. The number of hydrogen-bond acceptors (Lipinski definition) is 5. The molecule has 10 heteroatoms. The molecule has 0 radical (unpaired) electrons. The molecule has 2 amide bonds. The molecule has 0 aliphatic heterocycles. The number of nitrogens with zero attached hydrogens (tertiary/aromatic N) is 3. The standard InChI is InChI=1S/C16H18Cl2N6OS/c1-7(2)9-5-11(19-15-13(9)8(3)23-24(15)4)21-22-16(25)20-12-6-10(17)14(18)26-12/h5-7H,1-4H3,(H,19,21)(H2,20,22,25). The average Bonchev–Trinajstić information content (AvgIpc) is 3.03. The second-order valence-corrected chi connectivity index (χ2v) is 8.16. The summed E-state index contributed by atoms with van der Waals surface area (Å²) in [7, 11) is 1.85. The summed E-state index contributed by atoms with van der Waals surface area (Å²) >= 11 is 12.9. The number of amides is 2. The Labute approximate surface area is 164 Å². The Morgan fingerprint density at radius 1 is 1.31 bits per heavy atom. The molecular formula is C16H18Cl2N6OS. The number of aryl methyl sites for hydroxylation is 2. The van der Waals surface area contributed by atoms with E-state index in [0.717, 1.165) is 22.3 Å². The second kappa shape index (κ2) is 7.30. The predicted molar refractivity (Wildman–Crippen MR) is 107 cm³/mol. The number of thiophene rings is 1. The predicted octanol–water partition coefficient (Wildman–Crippen LogP) is 4.92. The van der Waals surface area contributed by atoms with Gasteiger partial charge >= 0.3 is 6.03 Å². The molecule has 0 saturated heterocycles. The Hall–Kier alpha value is -2.03. The van der Waals surface area contributed by atoms with Gasteiger partial charge in [0.15, 0.2) is 5.65 Å². The van der Waals surface area contributed by atoms with E-state index in [0.29, 0.717) is 20.2 Å². The number of hydrazine groups is 1. The summed E-state index contributed by atoms with van der Waals surface area (Å²) < 4.78 is 2.16. The number of rotatable bonds is 4. The maximum Gasteiger partial charge on any atom is 0.338 e. The van der Waals surface area contributed by atoms with Crippen molar-refractivity contribution in [3.8, 4) is 0 Å². The van der Waals surface area contributed by atoms with Crippen molar-refractivity contribution in [2.75, 3.05) is 10.7 Å². The molecule has 0 aromatic carbocycles. The number of pyridine rings is 1. The highest BCUT2D eigenvalue weighted by Crippen LogP contribution is 2.35. The number of fused-ring (bicyclic) bond motifs is 1. The summed E-state index contributed by atoms with van der Waals surface area (Å²) in [6, 6.07) is 3.06. The van der Waals surface area contributed by atoms with Gasteiger partial charge < -0.3 is 0 Å². The lowest BCUT2D eigenvalue weighted by Gasteiger charge is -2.13. The number of nitrogens with one attached hydrogen (secondary N) is 3. The zero-order chi connectivity index (χ0) is 19.0. The molecule has 0 fully saturated rings. The quantitative estimate of drug-likeness (QED) is 0.531. The molecule has 0 aliphatic rings. The van der Waals surface area contributed by atoms with Gasteiger partial charge in [-0.3, -0.25) is 20.9 Å². The van der Waals surface area contributed by atoms with E-state index < -0.39 is 6.03 Å². The van der Waals surface area contributed by atoms with Gasteiger partial charge in [0.05, 0.1) is 15.7 Å². The van der Waals surface area contributed by atoms with E-state index in [-0.39, 0.29) is 5.92 Å². The van der Waals surface area contributed by atoms with Crippen LogP contribution in [0.25, 0.3) is 11.0 Å². The highest BCUT2D eigenvalue weighted by Gasteiger charge is 2.16. The van der Waals surface area contributed by atoms with Crippen molar-refractivity contribution < 1.29 is 4.79 Å². The molecule has 3 aromatic rings. The van der Waals surface area contributed by atoms with Gasteiger partial charge in [0.2, 0.25) is 0 Å². The monoisotopic (exact) mass is 412 g/mol. The van der Waals surface area contributed by atoms with E-state index in [1.807, 2.05) is 20.0 Å². The molecule has 3 heterocycles. The van der Waals surface area contributed by atoms with Crippen LogP contribution < -0.4 is 16.2 Å². The number of carbonyl (C=O) groups is 1. The minimum absolute atomic E-state index is 0.285. The van der Waals surface area contributed by atoms with Crippen molar-refractivity contribution in [2.24, 2.45) is 7.05 Å². The first-order valence-electron chi connectivity index (χ1n) is 7.88. The van der Waals surface area contributed by atoms with E-state index in [2.05, 4.69) is 40.1 Å². The van der Waals surface area contributed by atoms with Crippen LogP contribution in [0, 0.1) is 6.92 Å². The normalized spacial score (nSPS) is 11.2. The van der Waals surface area contributed by atoms with Crippen LogP contribution in [0.2, 0.25) is 9.36 Å². The van der Waals surface area contributed by atoms with Crippen LogP contribution in [0.5, 0.6) is 0 Å².